The summed E-state index contributed by atoms with van der Waals surface area (Å²) in [4.78, 5) is 7.20. The molecule has 3 rings (SSSR count). The molecule has 2 aliphatic carbocycles. The molecule has 0 aromatic carbocycles. The Morgan fingerprint density at radius 3 is 3.00 bits per heavy atom. The molecule has 0 amide bonds. The molecular formula is C15H23N3. The van der Waals surface area contributed by atoms with Crippen LogP contribution in [-0.4, -0.2) is 35.6 Å². The molecule has 98 valence electrons. The normalized spacial score (nSPS) is 19.9. The molecule has 2 aliphatic rings. The molecule has 0 aliphatic heterocycles. The van der Waals surface area contributed by atoms with Crippen molar-refractivity contribution in [3.63, 3.8) is 0 Å². The minimum absolute atomic E-state index is 0.576. The zero-order valence-electron chi connectivity index (χ0n) is 11.4. The summed E-state index contributed by atoms with van der Waals surface area (Å²) in [5, 5.41) is 3.48. The van der Waals surface area contributed by atoms with Crippen molar-refractivity contribution in [1.29, 1.82) is 0 Å². The number of hydrogen-bond acceptors (Lipinski definition) is 3. The third-order valence-electron chi connectivity index (χ3n) is 4.32. The molecule has 3 heteroatoms. The Labute approximate surface area is 110 Å². The predicted octanol–water partition coefficient (Wildman–Crippen LogP) is 2.46. The number of aryl methyl sites for hydroxylation is 2. The van der Waals surface area contributed by atoms with Crippen molar-refractivity contribution in [3.05, 3.63) is 23.4 Å². The third-order valence-corrected chi connectivity index (χ3v) is 4.32. The maximum absolute atomic E-state index is 4.72. The van der Waals surface area contributed by atoms with Crippen LogP contribution in [0.1, 0.15) is 37.4 Å². The van der Waals surface area contributed by atoms with E-state index in [4.69, 9.17) is 4.98 Å². The van der Waals surface area contributed by atoms with E-state index in [1.807, 2.05) is 0 Å². The lowest BCUT2D eigenvalue weighted by Gasteiger charge is -2.24. The van der Waals surface area contributed by atoms with Gasteiger partial charge in [0.05, 0.1) is 0 Å². The van der Waals surface area contributed by atoms with Crippen molar-refractivity contribution in [3.8, 4) is 0 Å². The van der Waals surface area contributed by atoms with E-state index in [1.54, 1.807) is 0 Å². The topological polar surface area (TPSA) is 28.2 Å². The molecule has 1 heterocycles. The maximum atomic E-state index is 4.72. The molecule has 0 spiro atoms. The fourth-order valence-corrected chi connectivity index (χ4v) is 2.76. The Hall–Kier alpha value is -1.09. The highest BCUT2D eigenvalue weighted by Crippen LogP contribution is 2.27. The summed E-state index contributed by atoms with van der Waals surface area (Å²) < 4.78 is 0. The van der Waals surface area contributed by atoms with E-state index in [0.29, 0.717) is 6.04 Å². The van der Waals surface area contributed by atoms with Gasteiger partial charge in [0.2, 0.25) is 0 Å². The molecule has 0 saturated heterocycles. The van der Waals surface area contributed by atoms with Gasteiger partial charge in [0.1, 0.15) is 5.82 Å². The first kappa shape index (κ1) is 12.0. The minimum atomic E-state index is 0.576. The van der Waals surface area contributed by atoms with Crippen molar-refractivity contribution in [2.45, 2.75) is 51.1 Å². The zero-order chi connectivity index (χ0) is 12.5. The number of pyridine rings is 1. The summed E-state index contributed by atoms with van der Waals surface area (Å²) >= 11 is 0. The minimum Gasteiger partial charge on any atom is -0.369 e. The van der Waals surface area contributed by atoms with Gasteiger partial charge in [-0.1, -0.05) is 6.07 Å². The van der Waals surface area contributed by atoms with Crippen LogP contribution in [0.25, 0.3) is 0 Å². The van der Waals surface area contributed by atoms with Crippen molar-refractivity contribution in [1.82, 2.24) is 9.88 Å². The molecule has 1 N–H and O–H groups in total. The summed E-state index contributed by atoms with van der Waals surface area (Å²) in [5.41, 5.74) is 2.76. The third kappa shape index (κ3) is 2.51. The van der Waals surface area contributed by atoms with E-state index in [0.717, 1.165) is 24.8 Å². The smallest absolute Gasteiger partial charge is 0.126 e. The Morgan fingerprint density at radius 2 is 2.22 bits per heavy atom. The highest BCUT2D eigenvalue weighted by Gasteiger charge is 2.28. The van der Waals surface area contributed by atoms with Crippen LogP contribution in [0.2, 0.25) is 0 Å². The van der Waals surface area contributed by atoms with Crippen LogP contribution >= 0.6 is 0 Å². The van der Waals surface area contributed by atoms with Gasteiger partial charge in [-0.15, -0.1) is 0 Å². The molecule has 1 aromatic rings. The summed E-state index contributed by atoms with van der Waals surface area (Å²) in [5.74, 6) is 1.05. The van der Waals surface area contributed by atoms with Gasteiger partial charge < -0.3 is 5.32 Å². The summed E-state index contributed by atoms with van der Waals surface area (Å²) in [6, 6.07) is 5.78. The Bertz CT molecular complexity index is 426. The fraction of sp³-hybridized carbons (Fsp3) is 0.667. The first-order valence-corrected chi connectivity index (χ1v) is 7.18. The molecule has 0 bridgehead atoms. The first-order valence-electron chi connectivity index (χ1n) is 7.18. The van der Waals surface area contributed by atoms with Crippen LogP contribution in [-0.2, 0) is 12.8 Å². The second-order valence-electron chi connectivity index (χ2n) is 5.78. The fourth-order valence-electron chi connectivity index (χ4n) is 2.76. The van der Waals surface area contributed by atoms with Crippen molar-refractivity contribution >= 4 is 5.82 Å². The number of nitrogens with one attached hydrogen (secondary N) is 1. The van der Waals surface area contributed by atoms with E-state index >= 15 is 0 Å². The zero-order valence-corrected chi connectivity index (χ0v) is 11.4. The monoisotopic (exact) mass is 245 g/mol. The summed E-state index contributed by atoms with van der Waals surface area (Å²) in [7, 11) is 2.24. The van der Waals surface area contributed by atoms with Gasteiger partial charge in [0.25, 0.3) is 0 Å². The molecule has 1 atom stereocenters. The van der Waals surface area contributed by atoms with Crippen LogP contribution in [0, 0.1) is 0 Å². The van der Waals surface area contributed by atoms with E-state index in [-0.39, 0.29) is 0 Å². The van der Waals surface area contributed by atoms with Gasteiger partial charge in [-0.2, -0.15) is 0 Å². The maximum Gasteiger partial charge on any atom is 0.126 e. The van der Waals surface area contributed by atoms with Gasteiger partial charge in [0, 0.05) is 24.3 Å². The average molecular weight is 245 g/mol. The quantitative estimate of drug-likeness (QED) is 0.863. The first-order chi connectivity index (χ1) is 8.74. The Morgan fingerprint density at radius 1 is 1.39 bits per heavy atom. The summed E-state index contributed by atoms with van der Waals surface area (Å²) in [6.45, 7) is 3.28. The number of aromatic nitrogens is 1. The van der Waals surface area contributed by atoms with Gasteiger partial charge >= 0.3 is 0 Å². The predicted molar refractivity (Wildman–Crippen MR) is 75.0 cm³/mol. The number of hydrogen-bond donors (Lipinski definition) is 1. The molecule has 1 unspecified atom stereocenters. The van der Waals surface area contributed by atoms with Crippen LogP contribution in [0.3, 0.4) is 0 Å². The molecule has 1 fully saturated rings. The van der Waals surface area contributed by atoms with Crippen molar-refractivity contribution in [2.24, 2.45) is 0 Å². The standard InChI is InChI=1S/C15H23N3/c1-11(18(2)13-7-8-13)10-16-15-9-6-12-4-3-5-14(12)17-15/h6,9,11,13H,3-5,7-8,10H2,1-2H3,(H,16,17). The summed E-state index contributed by atoms with van der Waals surface area (Å²) in [6.07, 6.45) is 6.38. The second-order valence-corrected chi connectivity index (χ2v) is 5.78. The highest BCUT2D eigenvalue weighted by molar-refractivity contribution is 5.40. The molecular weight excluding hydrogens is 222 g/mol. The largest absolute Gasteiger partial charge is 0.369 e. The number of rotatable bonds is 5. The van der Waals surface area contributed by atoms with Crippen molar-refractivity contribution < 1.29 is 0 Å². The van der Waals surface area contributed by atoms with E-state index < -0.39 is 0 Å². The number of fused-ring (bicyclic) bond motifs is 1. The number of anilines is 1. The van der Waals surface area contributed by atoms with E-state index in [1.165, 1.54) is 36.9 Å². The molecule has 1 saturated carbocycles. The number of nitrogens with zero attached hydrogens (tertiary/aromatic N) is 2. The molecule has 0 radical (unpaired) electrons. The van der Waals surface area contributed by atoms with Crippen LogP contribution < -0.4 is 5.32 Å². The second kappa shape index (κ2) is 4.88. The number of likely N-dealkylation sites (N-methyl/N-ethyl adjacent to an activating group) is 1. The molecule has 3 nitrogen and oxygen atoms in total. The Balaban J connectivity index is 1.56. The van der Waals surface area contributed by atoms with Crippen molar-refractivity contribution in [2.75, 3.05) is 18.9 Å². The molecule has 1 aromatic heterocycles. The van der Waals surface area contributed by atoms with Crippen LogP contribution in [0.15, 0.2) is 12.1 Å². The lowest BCUT2D eigenvalue weighted by atomic mass is 10.2. The lowest BCUT2D eigenvalue weighted by molar-refractivity contribution is 0.257. The Kier molecular flexibility index (Phi) is 3.25. The van der Waals surface area contributed by atoms with E-state index in [9.17, 15) is 0 Å². The van der Waals surface area contributed by atoms with Gasteiger partial charge in [0.15, 0.2) is 0 Å². The lowest BCUT2D eigenvalue weighted by Crippen LogP contribution is -2.36. The van der Waals surface area contributed by atoms with Gasteiger partial charge in [-0.05, 0) is 57.7 Å². The SMILES string of the molecule is CC(CNc1ccc2c(n1)CCC2)N(C)C1CC1. The molecule has 18 heavy (non-hydrogen) atoms. The van der Waals surface area contributed by atoms with Gasteiger partial charge in [-0.25, -0.2) is 4.98 Å². The highest BCUT2D eigenvalue weighted by atomic mass is 15.2. The van der Waals surface area contributed by atoms with Crippen LogP contribution in [0.5, 0.6) is 0 Å². The van der Waals surface area contributed by atoms with Crippen LogP contribution in [0.4, 0.5) is 5.82 Å². The van der Waals surface area contributed by atoms with Gasteiger partial charge in [-0.3, -0.25) is 4.90 Å². The average Bonchev–Trinajstić information content (AvgIpc) is 3.13. The van der Waals surface area contributed by atoms with E-state index in [2.05, 4.69) is 36.3 Å².